The maximum atomic E-state index is 12.1. The Morgan fingerprint density at radius 2 is 2.25 bits per heavy atom. The van der Waals surface area contributed by atoms with Gasteiger partial charge in [-0.15, -0.1) is 0 Å². The van der Waals surface area contributed by atoms with Gasteiger partial charge in [0, 0.05) is 12.5 Å². The highest BCUT2D eigenvalue weighted by molar-refractivity contribution is 7.95. The molecule has 0 N–H and O–H groups in total. The predicted octanol–water partition coefficient (Wildman–Crippen LogP) is 3.19. The summed E-state index contributed by atoms with van der Waals surface area (Å²) in [6, 6.07) is 3.27. The number of carbonyl (C=O) groups excluding carboxylic acids is 1. The first kappa shape index (κ1) is 16.3. The smallest absolute Gasteiger partial charge is 0.397 e. The van der Waals surface area contributed by atoms with E-state index in [1.807, 2.05) is 6.07 Å². The number of alkyl halides is 3. The molecule has 0 spiro atoms. The Kier molecular flexibility index (Phi) is 5.82. The van der Waals surface area contributed by atoms with Gasteiger partial charge in [-0.05, 0) is 18.4 Å². The second kappa shape index (κ2) is 7.14. The molecule has 1 aromatic heterocycles. The molecule has 108 valence electrons. The monoisotopic (exact) mass is 304 g/mol. The van der Waals surface area contributed by atoms with Crippen molar-refractivity contribution in [1.82, 2.24) is 4.98 Å². The summed E-state index contributed by atoms with van der Waals surface area (Å²) in [7, 11) is 0. The Hall–Kier alpha value is -1.75. The largest absolute Gasteiger partial charge is 0.479 e. The number of aromatic nitrogens is 1. The van der Waals surface area contributed by atoms with Gasteiger partial charge in [0.15, 0.2) is 12.0 Å². The summed E-state index contributed by atoms with van der Waals surface area (Å²) in [4.78, 5) is 14.2. The lowest BCUT2D eigenvalue weighted by molar-refractivity contribution is -0.107. The lowest BCUT2D eigenvalue weighted by atomic mass is 10.0. The number of nitriles is 1. The van der Waals surface area contributed by atoms with Gasteiger partial charge >= 0.3 is 5.51 Å². The number of hydrogen-bond acceptors (Lipinski definition) is 5. The van der Waals surface area contributed by atoms with E-state index in [1.54, 1.807) is 6.92 Å². The Labute approximate surface area is 118 Å². The SMILES string of the molecule is CCc1cc(OSC(F)(F)F)nc(CCC=O)c1C#N. The fourth-order valence-corrected chi connectivity index (χ4v) is 1.82. The third-order valence-corrected chi connectivity index (χ3v) is 2.81. The van der Waals surface area contributed by atoms with Gasteiger partial charge in [-0.3, -0.25) is 0 Å². The molecular weight excluding hydrogens is 293 g/mol. The van der Waals surface area contributed by atoms with Crippen molar-refractivity contribution in [2.24, 2.45) is 0 Å². The van der Waals surface area contributed by atoms with Crippen LogP contribution < -0.4 is 4.18 Å². The van der Waals surface area contributed by atoms with Gasteiger partial charge < -0.3 is 8.98 Å². The molecule has 0 aliphatic rings. The molecule has 20 heavy (non-hydrogen) atoms. The molecule has 0 aliphatic carbocycles. The quantitative estimate of drug-likeness (QED) is 0.596. The number of hydrogen-bond donors (Lipinski definition) is 0. The van der Waals surface area contributed by atoms with E-state index >= 15 is 0 Å². The number of aryl methyl sites for hydroxylation is 2. The highest BCUT2D eigenvalue weighted by Crippen LogP contribution is 2.32. The average Bonchev–Trinajstić information content (AvgIpc) is 2.41. The van der Waals surface area contributed by atoms with Crippen LogP contribution in [0.1, 0.15) is 30.2 Å². The Morgan fingerprint density at radius 1 is 1.55 bits per heavy atom. The van der Waals surface area contributed by atoms with Gasteiger partial charge in [-0.2, -0.15) is 18.4 Å². The molecule has 0 aromatic carbocycles. The molecule has 4 nitrogen and oxygen atoms in total. The molecule has 1 aromatic rings. The van der Waals surface area contributed by atoms with Crippen molar-refractivity contribution in [3.8, 4) is 11.9 Å². The maximum Gasteiger partial charge on any atom is 0.479 e. The van der Waals surface area contributed by atoms with E-state index < -0.39 is 17.6 Å². The van der Waals surface area contributed by atoms with Gasteiger partial charge in [0.1, 0.15) is 12.4 Å². The van der Waals surface area contributed by atoms with Gasteiger partial charge in [0.05, 0.1) is 11.3 Å². The normalized spacial score (nSPS) is 10.9. The second-order valence-electron chi connectivity index (χ2n) is 3.72. The van der Waals surface area contributed by atoms with E-state index in [2.05, 4.69) is 9.17 Å². The summed E-state index contributed by atoms with van der Waals surface area (Å²) in [5.41, 5.74) is -3.43. The van der Waals surface area contributed by atoms with E-state index in [1.165, 1.54) is 6.07 Å². The zero-order valence-corrected chi connectivity index (χ0v) is 11.3. The van der Waals surface area contributed by atoms with Crippen LogP contribution in [0.4, 0.5) is 13.2 Å². The first-order chi connectivity index (χ1) is 9.41. The number of halogens is 3. The van der Waals surface area contributed by atoms with Gasteiger partial charge in [0.2, 0.25) is 5.88 Å². The van der Waals surface area contributed by atoms with E-state index in [4.69, 9.17) is 5.26 Å². The average molecular weight is 304 g/mol. The van der Waals surface area contributed by atoms with Gasteiger partial charge in [-0.25, -0.2) is 4.98 Å². The van der Waals surface area contributed by atoms with Crippen LogP contribution in [0.2, 0.25) is 0 Å². The van der Waals surface area contributed by atoms with E-state index in [-0.39, 0.29) is 24.4 Å². The van der Waals surface area contributed by atoms with Crippen LogP contribution in [0.25, 0.3) is 0 Å². The summed E-state index contributed by atoms with van der Waals surface area (Å²) in [5.74, 6) is -0.218. The zero-order chi connectivity index (χ0) is 15.2. The number of nitrogens with zero attached hydrogens (tertiary/aromatic N) is 2. The maximum absolute atomic E-state index is 12.1. The van der Waals surface area contributed by atoms with Crippen LogP contribution in [0.5, 0.6) is 5.88 Å². The van der Waals surface area contributed by atoms with Crippen molar-refractivity contribution in [1.29, 1.82) is 5.26 Å². The Morgan fingerprint density at radius 3 is 2.75 bits per heavy atom. The number of pyridine rings is 1. The summed E-state index contributed by atoms with van der Waals surface area (Å²) in [6.07, 6.45) is 1.44. The summed E-state index contributed by atoms with van der Waals surface area (Å²) in [6.45, 7) is 1.76. The molecule has 0 atom stereocenters. The minimum atomic E-state index is -4.54. The molecule has 0 radical (unpaired) electrons. The van der Waals surface area contributed by atoms with E-state index in [0.717, 1.165) is 0 Å². The Bertz CT molecular complexity index is 527. The molecule has 0 saturated heterocycles. The molecule has 1 heterocycles. The fraction of sp³-hybridized carbons (Fsp3) is 0.417. The predicted molar refractivity (Wildman–Crippen MR) is 67.0 cm³/mol. The van der Waals surface area contributed by atoms with Gasteiger partial charge in [-0.1, -0.05) is 6.92 Å². The molecule has 0 amide bonds. The van der Waals surface area contributed by atoms with Crippen LogP contribution in [0, 0.1) is 11.3 Å². The standard InChI is InChI=1S/C12H11F3N2O2S/c1-2-8-6-11(19-20-12(13,14)15)17-10(4-3-5-18)9(8)7-16/h5-6H,2-4H2,1H3. The van der Waals surface area contributed by atoms with E-state index in [0.29, 0.717) is 23.8 Å². The summed E-state index contributed by atoms with van der Waals surface area (Å²) in [5, 5.41) is 9.08. The lowest BCUT2D eigenvalue weighted by Gasteiger charge is -2.11. The molecular formula is C12H11F3N2O2S. The molecule has 0 unspecified atom stereocenters. The summed E-state index contributed by atoms with van der Waals surface area (Å²) < 4.78 is 40.8. The van der Waals surface area contributed by atoms with Crippen LogP contribution >= 0.6 is 12.0 Å². The molecule has 0 saturated carbocycles. The summed E-state index contributed by atoms with van der Waals surface area (Å²) >= 11 is -0.663. The third kappa shape index (κ3) is 4.74. The van der Waals surface area contributed by atoms with E-state index in [9.17, 15) is 18.0 Å². The number of rotatable bonds is 6. The van der Waals surface area contributed by atoms with Crippen molar-refractivity contribution in [2.45, 2.75) is 31.7 Å². The first-order valence-electron chi connectivity index (χ1n) is 5.70. The number of carbonyl (C=O) groups is 1. The first-order valence-corrected chi connectivity index (χ1v) is 6.44. The van der Waals surface area contributed by atoms with Crippen LogP contribution in [-0.4, -0.2) is 16.8 Å². The minimum Gasteiger partial charge on any atom is -0.397 e. The second-order valence-corrected chi connectivity index (χ2v) is 4.52. The van der Waals surface area contributed by atoms with Crippen molar-refractivity contribution in [3.63, 3.8) is 0 Å². The van der Waals surface area contributed by atoms with Crippen molar-refractivity contribution < 1.29 is 22.1 Å². The molecule has 8 heteroatoms. The van der Waals surface area contributed by atoms with Crippen LogP contribution in [0.15, 0.2) is 6.07 Å². The molecule has 0 bridgehead atoms. The zero-order valence-electron chi connectivity index (χ0n) is 10.5. The fourth-order valence-electron chi connectivity index (χ4n) is 1.55. The van der Waals surface area contributed by atoms with Crippen molar-refractivity contribution in [2.75, 3.05) is 0 Å². The van der Waals surface area contributed by atoms with Crippen LogP contribution in [-0.2, 0) is 17.6 Å². The minimum absolute atomic E-state index is 0.140. The molecule has 0 aliphatic heterocycles. The molecule has 0 fully saturated rings. The van der Waals surface area contributed by atoms with Crippen LogP contribution in [0.3, 0.4) is 0 Å². The topological polar surface area (TPSA) is 63.0 Å². The Balaban J connectivity index is 3.08. The van der Waals surface area contributed by atoms with Crippen molar-refractivity contribution in [3.05, 3.63) is 22.9 Å². The highest BCUT2D eigenvalue weighted by atomic mass is 32.2. The number of aldehydes is 1. The highest BCUT2D eigenvalue weighted by Gasteiger charge is 2.32. The van der Waals surface area contributed by atoms with Gasteiger partial charge in [0.25, 0.3) is 0 Å². The molecule has 1 rings (SSSR count). The van der Waals surface area contributed by atoms with Crippen molar-refractivity contribution >= 4 is 18.3 Å². The lowest BCUT2D eigenvalue weighted by Crippen LogP contribution is -2.06. The third-order valence-electron chi connectivity index (χ3n) is 2.37.